The van der Waals surface area contributed by atoms with Crippen molar-refractivity contribution in [2.75, 3.05) is 39.6 Å². The summed E-state index contributed by atoms with van der Waals surface area (Å²) in [4.78, 5) is 69.1. The number of carbonyl (C=O) groups is 5. The third-order valence-electron chi connectivity index (χ3n) is 7.59. The fourth-order valence-electron chi connectivity index (χ4n) is 6.14. The average molecular weight is 472 g/mol. The van der Waals surface area contributed by atoms with Crippen LogP contribution in [-0.4, -0.2) is 84.5 Å². The van der Waals surface area contributed by atoms with Crippen LogP contribution in [0.25, 0.3) is 0 Å². The van der Waals surface area contributed by atoms with E-state index in [9.17, 15) is 34.2 Å². The number of phenolic OH excluding ortho intramolecular Hbond substituents is 1. The number of aliphatic hydroxyl groups is 1. The highest BCUT2D eigenvalue weighted by atomic mass is 16.3. The van der Waals surface area contributed by atoms with Gasteiger partial charge in [-0.15, -0.1) is 0 Å². The van der Waals surface area contributed by atoms with Crippen LogP contribution in [0, 0.1) is 29.6 Å². The number of Topliss-reactive ketones (excluding diaryl/α,β-unsaturated/α-hetero) is 4. The van der Waals surface area contributed by atoms with Crippen LogP contribution in [0.4, 0.5) is 5.69 Å². The average Bonchev–Trinajstić information content (AvgIpc) is 2.73. The Bertz CT molecular complexity index is 1130. The molecule has 182 valence electrons. The summed E-state index contributed by atoms with van der Waals surface area (Å²) in [6.07, 6.45) is 0.310. The zero-order valence-electron chi connectivity index (χ0n) is 19.6. The van der Waals surface area contributed by atoms with Gasteiger partial charge in [-0.3, -0.25) is 24.0 Å². The summed E-state index contributed by atoms with van der Waals surface area (Å²) >= 11 is 0. The zero-order valence-corrected chi connectivity index (χ0v) is 19.6. The molecule has 34 heavy (non-hydrogen) atoms. The molecule has 1 aromatic rings. The number of primary amides is 1. The Kier molecular flexibility index (Phi) is 5.64. The van der Waals surface area contributed by atoms with E-state index >= 15 is 0 Å². The Hall–Kier alpha value is -3.11. The van der Waals surface area contributed by atoms with Gasteiger partial charge in [0.15, 0.2) is 34.7 Å². The summed E-state index contributed by atoms with van der Waals surface area (Å²) in [6.45, 7) is 0.0990. The van der Waals surface area contributed by atoms with Crippen molar-refractivity contribution in [3.05, 3.63) is 23.3 Å². The van der Waals surface area contributed by atoms with Crippen LogP contribution in [0.15, 0.2) is 12.1 Å². The highest BCUT2D eigenvalue weighted by Crippen LogP contribution is 2.52. The van der Waals surface area contributed by atoms with Crippen molar-refractivity contribution in [1.82, 2.24) is 4.90 Å². The molecule has 0 radical (unpaired) electrons. The lowest BCUT2D eigenvalue weighted by atomic mass is 9.51. The van der Waals surface area contributed by atoms with Gasteiger partial charge in [-0.1, -0.05) is 0 Å². The fourth-order valence-corrected chi connectivity index (χ4v) is 6.14. The minimum atomic E-state index is -2.68. The number of phenols is 1. The molecule has 2 saturated carbocycles. The number of aromatic hydroxyl groups is 1. The first-order valence-electron chi connectivity index (χ1n) is 11.2. The lowest BCUT2D eigenvalue weighted by Crippen LogP contribution is -2.71. The van der Waals surface area contributed by atoms with Crippen molar-refractivity contribution < 1.29 is 34.2 Å². The molecule has 0 saturated heterocycles. The number of rotatable bonds is 4. The molecule has 0 spiro atoms. The van der Waals surface area contributed by atoms with E-state index in [4.69, 9.17) is 5.73 Å². The number of hydrogen-bond acceptors (Lipinski definition) is 9. The van der Waals surface area contributed by atoms with E-state index in [0.29, 0.717) is 11.3 Å². The van der Waals surface area contributed by atoms with Crippen LogP contribution >= 0.6 is 0 Å². The number of nitrogens with two attached hydrogens (primary N) is 1. The van der Waals surface area contributed by atoms with Gasteiger partial charge in [0, 0.05) is 38.2 Å². The molecule has 2 fully saturated rings. The van der Waals surface area contributed by atoms with E-state index in [-0.39, 0.29) is 30.7 Å². The molecule has 0 heterocycles. The number of anilines is 1. The van der Waals surface area contributed by atoms with E-state index in [1.54, 1.807) is 44.1 Å². The molecule has 6 unspecified atom stereocenters. The summed E-state index contributed by atoms with van der Waals surface area (Å²) in [5.74, 6) is -11.1. The molecule has 0 bridgehead atoms. The van der Waals surface area contributed by atoms with Gasteiger partial charge in [0.25, 0.3) is 0 Å². The van der Waals surface area contributed by atoms with Crippen LogP contribution in [-0.2, 0) is 25.6 Å². The zero-order chi connectivity index (χ0) is 25.3. The first-order chi connectivity index (χ1) is 15.8. The quantitative estimate of drug-likeness (QED) is 0.477. The molecule has 6 atom stereocenters. The Labute approximate surface area is 196 Å². The van der Waals surface area contributed by atoms with E-state index in [1.165, 1.54) is 6.07 Å². The molecular weight excluding hydrogens is 442 g/mol. The largest absolute Gasteiger partial charge is 0.507 e. The van der Waals surface area contributed by atoms with Gasteiger partial charge in [-0.2, -0.15) is 0 Å². The lowest BCUT2D eigenvalue weighted by Gasteiger charge is -2.51. The van der Waals surface area contributed by atoms with E-state index in [1.807, 2.05) is 0 Å². The Morgan fingerprint density at radius 2 is 1.76 bits per heavy atom. The third kappa shape index (κ3) is 3.19. The smallest absolute Gasteiger partial charge is 0.235 e. The van der Waals surface area contributed by atoms with Crippen LogP contribution in [0.1, 0.15) is 22.3 Å². The minimum Gasteiger partial charge on any atom is -0.507 e. The SMILES string of the molecule is CN(C)CC1C(=O)C(C(N)=O)C(=O)C2(O)C(=O)C3C(=O)c4c(O)ccc(N(C)C)c4CC3CC12. The van der Waals surface area contributed by atoms with Gasteiger partial charge in [0.1, 0.15) is 5.75 Å². The van der Waals surface area contributed by atoms with Crippen LogP contribution in [0.5, 0.6) is 5.75 Å². The van der Waals surface area contributed by atoms with E-state index < -0.39 is 64.2 Å². The van der Waals surface area contributed by atoms with Crippen molar-refractivity contribution in [2.24, 2.45) is 35.3 Å². The normalized spacial score (nSPS) is 32.8. The number of hydrogen-bond donors (Lipinski definition) is 3. The molecule has 10 heteroatoms. The fraction of sp³-hybridized carbons (Fsp3) is 0.542. The summed E-state index contributed by atoms with van der Waals surface area (Å²) < 4.78 is 0. The first-order valence-corrected chi connectivity index (χ1v) is 11.2. The number of ketones is 4. The molecule has 3 aliphatic carbocycles. The number of amides is 1. The maximum absolute atomic E-state index is 13.7. The summed E-state index contributed by atoms with van der Waals surface area (Å²) in [5, 5.41) is 22.0. The van der Waals surface area contributed by atoms with Crippen molar-refractivity contribution in [3.63, 3.8) is 0 Å². The van der Waals surface area contributed by atoms with Crippen LogP contribution in [0.2, 0.25) is 0 Å². The third-order valence-corrected chi connectivity index (χ3v) is 7.59. The monoisotopic (exact) mass is 471 g/mol. The second kappa shape index (κ2) is 7.99. The van der Waals surface area contributed by atoms with E-state index in [0.717, 1.165) is 0 Å². The maximum atomic E-state index is 13.7. The second-order valence-corrected chi connectivity index (χ2v) is 10.1. The molecule has 3 aliphatic rings. The predicted molar refractivity (Wildman–Crippen MR) is 120 cm³/mol. The molecular formula is C24H29N3O7. The highest BCUT2D eigenvalue weighted by Gasteiger charge is 2.68. The molecule has 0 aliphatic heterocycles. The second-order valence-electron chi connectivity index (χ2n) is 10.1. The van der Waals surface area contributed by atoms with Gasteiger partial charge in [0.2, 0.25) is 5.91 Å². The predicted octanol–water partition coefficient (Wildman–Crippen LogP) is -0.819. The number of carbonyl (C=O) groups excluding carboxylic acids is 5. The van der Waals surface area contributed by atoms with Gasteiger partial charge in [-0.05, 0) is 50.6 Å². The number of fused-ring (bicyclic) bond motifs is 3. The number of nitrogens with zero attached hydrogens (tertiary/aromatic N) is 2. The van der Waals surface area contributed by atoms with Gasteiger partial charge in [0.05, 0.1) is 11.5 Å². The molecule has 4 rings (SSSR count). The lowest BCUT2D eigenvalue weighted by molar-refractivity contribution is -0.181. The summed E-state index contributed by atoms with van der Waals surface area (Å²) in [5.41, 5.74) is 3.94. The molecule has 1 amide bonds. The topological polar surface area (TPSA) is 158 Å². The van der Waals surface area contributed by atoms with Crippen LogP contribution in [0.3, 0.4) is 0 Å². The van der Waals surface area contributed by atoms with E-state index in [2.05, 4.69) is 0 Å². The van der Waals surface area contributed by atoms with Crippen molar-refractivity contribution in [2.45, 2.75) is 18.4 Å². The molecule has 1 aromatic carbocycles. The van der Waals surface area contributed by atoms with Crippen molar-refractivity contribution in [3.8, 4) is 5.75 Å². The standard InChI is InChI=1S/C24H29N3O7/c1-26(2)9-12-13-8-10-7-11-14(27(3)4)5-6-15(28)17(11)20(30)16(10)21(31)24(13,34)22(32)18(19(12)29)23(25)33/h5-6,10,12-13,16,18,28,34H,7-9H2,1-4H3,(H2,25,33). The molecule has 0 aromatic heterocycles. The summed E-state index contributed by atoms with van der Waals surface area (Å²) in [6, 6.07) is 3.06. The highest BCUT2D eigenvalue weighted by molar-refractivity contribution is 6.32. The maximum Gasteiger partial charge on any atom is 0.235 e. The Morgan fingerprint density at radius 1 is 1.12 bits per heavy atom. The Balaban J connectivity index is 1.87. The molecule has 4 N–H and O–H groups in total. The minimum absolute atomic E-state index is 0.00141. The number of benzene rings is 1. The van der Waals surface area contributed by atoms with Gasteiger partial charge in [-0.25, -0.2) is 0 Å². The van der Waals surface area contributed by atoms with Crippen molar-refractivity contribution >= 4 is 34.7 Å². The first kappa shape index (κ1) is 24.0. The van der Waals surface area contributed by atoms with Crippen molar-refractivity contribution in [1.29, 1.82) is 0 Å². The van der Waals surface area contributed by atoms with Gasteiger partial charge >= 0.3 is 0 Å². The molecule has 10 nitrogen and oxygen atoms in total. The Morgan fingerprint density at radius 3 is 2.32 bits per heavy atom. The van der Waals surface area contributed by atoms with Crippen LogP contribution < -0.4 is 10.6 Å². The van der Waals surface area contributed by atoms with Gasteiger partial charge < -0.3 is 25.7 Å². The summed E-state index contributed by atoms with van der Waals surface area (Å²) in [7, 11) is 6.98.